The zero-order valence-corrected chi connectivity index (χ0v) is 12.2. The quantitative estimate of drug-likeness (QED) is 0.887. The highest BCUT2D eigenvalue weighted by molar-refractivity contribution is 5.55. The second-order valence-corrected chi connectivity index (χ2v) is 5.41. The maximum Gasteiger partial charge on any atom is 0.209 e. The summed E-state index contributed by atoms with van der Waals surface area (Å²) in [5, 5.41) is 3.29. The summed E-state index contributed by atoms with van der Waals surface area (Å²) in [6, 6.07) is 6.85. The first-order valence-corrected chi connectivity index (χ1v) is 7.41. The summed E-state index contributed by atoms with van der Waals surface area (Å²) in [7, 11) is 0. The Morgan fingerprint density at radius 1 is 1.33 bits per heavy atom. The number of oxazole rings is 1. The fourth-order valence-electron chi connectivity index (χ4n) is 2.51. The van der Waals surface area contributed by atoms with E-state index in [0.717, 1.165) is 44.1 Å². The molecule has 2 heterocycles. The van der Waals surface area contributed by atoms with Gasteiger partial charge in [0.1, 0.15) is 5.82 Å². The Labute approximate surface area is 124 Å². The van der Waals surface area contributed by atoms with Crippen LogP contribution in [0.5, 0.6) is 0 Å². The third-order valence-corrected chi connectivity index (χ3v) is 3.81. The Morgan fingerprint density at radius 2 is 2.10 bits per heavy atom. The van der Waals surface area contributed by atoms with Gasteiger partial charge in [-0.15, -0.1) is 0 Å². The molecule has 1 fully saturated rings. The van der Waals surface area contributed by atoms with Crippen molar-refractivity contribution in [3.8, 4) is 11.3 Å². The zero-order valence-electron chi connectivity index (χ0n) is 12.2. The van der Waals surface area contributed by atoms with E-state index < -0.39 is 0 Å². The molecule has 5 heteroatoms. The second kappa shape index (κ2) is 6.37. The van der Waals surface area contributed by atoms with Crippen molar-refractivity contribution >= 4 is 0 Å². The lowest BCUT2D eigenvalue weighted by Crippen LogP contribution is -2.57. The van der Waals surface area contributed by atoms with E-state index in [1.807, 2.05) is 0 Å². The van der Waals surface area contributed by atoms with Crippen LogP contribution in [0.2, 0.25) is 0 Å². The van der Waals surface area contributed by atoms with Gasteiger partial charge in [-0.25, -0.2) is 9.37 Å². The van der Waals surface area contributed by atoms with Gasteiger partial charge in [0.15, 0.2) is 5.76 Å². The Balaban J connectivity index is 1.70. The predicted octanol–water partition coefficient (Wildman–Crippen LogP) is 2.66. The molecule has 1 aromatic heterocycles. The van der Waals surface area contributed by atoms with Crippen LogP contribution in [-0.2, 0) is 6.54 Å². The van der Waals surface area contributed by atoms with Gasteiger partial charge in [-0.1, -0.05) is 6.92 Å². The Bertz CT molecular complexity index is 577. The Hall–Kier alpha value is -1.72. The first-order chi connectivity index (χ1) is 10.3. The number of hydrogen-bond acceptors (Lipinski definition) is 4. The van der Waals surface area contributed by atoms with Crippen LogP contribution in [0.25, 0.3) is 11.3 Å². The lowest BCUT2D eigenvalue weighted by Gasteiger charge is -2.37. The van der Waals surface area contributed by atoms with Crippen LogP contribution >= 0.6 is 0 Å². The number of rotatable bonds is 6. The molecule has 0 aliphatic carbocycles. The van der Waals surface area contributed by atoms with Gasteiger partial charge in [0, 0.05) is 24.7 Å². The molecule has 0 saturated carbocycles. The van der Waals surface area contributed by atoms with Crippen LogP contribution in [-0.4, -0.2) is 35.6 Å². The molecule has 1 aliphatic rings. The topological polar surface area (TPSA) is 41.3 Å². The van der Waals surface area contributed by atoms with Crippen molar-refractivity contribution in [2.24, 2.45) is 0 Å². The third-order valence-electron chi connectivity index (χ3n) is 3.81. The smallest absolute Gasteiger partial charge is 0.209 e. The van der Waals surface area contributed by atoms with E-state index in [1.54, 1.807) is 18.3 Å². The molecule has 0 spiro atoms. The van der Waals surface area contributed by atoms with E-state index in [2.05, 4.69) is 22.1 Å². The molecule has 1 aliphatic heterocycles. The molecule has 0 bridgehead atoms. The monoisotopic (exact) mass is 289 g/mol. The molecule has 1 N–H and O–H groups in total. The predicted molar refractivity (Wildman–Crippen MR) is 79.3 cm³/mol. The van der Waals surface area contributed by atoms with Gasteiger partial charge in [0.05, 0.1) is 12.7 Å². The molecule has 0 unspecified atom stereocenters. The van der Waals surface area contributed by atoms with Crippen LogP contribution in [0.3, 0.4) is 0 Å². The van der Waals surface area contributed by atoms with Gasteiger partial charge in [-0.2, -0.15) is 0 Å². The molecule has 0 amide bonds. The Kier molecular flexibility index (Phi) is 4.31. The molecule has 4 nitrogen and oxygen atoms in total. The maximum absolute atomic E-state index is 12.9. The van der Waals surface area contributed by atoms with E-state index in [9.17, 15) is 4.39 Å². The van der Waals surface area contributed by atoms with Crippen molar-refractivity contribution in [3.05, 3.63) is 42.2 Å². The molecule has 21 heavy (non-hydrogen) atoms. The molecule has 112 valence electrons. The normalized spacial score (nSPS) is 15.4. The first-order valence-electron chi connectivity index (χ1n) is 7.41. The van der Waals surface area contributed by atoms with E-state index in [1.165, 1.54) is 12.1 Å². The van der Waals surface area contributed by atoms with Gasteiger partial charge in [-0.3, -0.25) is 4.90 Å². The standard InChI is InChI=1S/C16H20FN3O/c1-2-7-20(14-8-18-9-14)11-16-19-10-15(21-16)12-3-5-13(17)6-4-12/h3-6,10,14,18H,2,7-9,11H2,1H3. The average molecular weight is 289 g/mol. The summed E-state index contributed by atoms with van der Waals surface area (Å²) in [5.41, 5.74) is 0.850. The minimum atomic E-state index is -0.245. The van der Waals surface area contributed by atoms with Gasteiger partial charge in [-0.05, 0) is 37.2 Å². The number of hydrogen-bond donors (Lipinski definition) is 1. The van der Waals surface area contributed by atoms with Crippen LogP contribution in [0.15, 0.2) is 34.9 Å². The molecule has 2 aromatic rings. The second-order valence-electron chi connectivity index (χ2n) is 5.41. The van der Waals surface area contributed by atoms with Gasteiger partial charge in [0.2, 0.25) is 5.89 Å². The van der Waals surface area contributed by atoms with Crippen molar-refractivity contribution in [1.82, 2.24) is 15.2 Å². The van der Waals surface area contributed by atoms with E-state index in [-0.39, 0.29) is 5.82 Å². The van der Waals surface area contributed by atoms with Gasteiger partial charge < -0.3 is 9.73 Å². The van der Waals surface area contributed by atoms with Crippen molar-refractivity contribution in [1.29, 1.82) is 0 Å². The minimum Gasteiger partial charge on any atom is -0.439 e. The van der Waals surface area contributed by atoms with Crippen molar-refractivity contribution in [2.75, 3.05) is 19.6 Å². The van der Waals surface area contributed by atoms with Crippen LogP contribution in [0, 0.1) is 5.82 Å². The average Bonchev–Trinajstić information content (AvgIpc) is 2.86. The number of nitrogens with one attached hydrogen (secondary N) is 1. The van der Waals surface area contributed by atoms with Gasteiger partial charge >= 0.3 is 0 Å². The summed E-state index contributed by atoms with van der Waals surface area (Å²) in [4.78, 5) is 6.75. The zero-order chi connectivity index (χ0) is 14.7. The third kappa shape index (κ3) is 3.31. The van der Waals surface area contributed by atoms with E-state index in [0.29, 0.717) is 11.8 Å². The van der Waals surface area contributed by atoms with Gasteiger partial charge in [0.25, 0.3) is 0 Å². The highest BCUT2D eigenvalue weighted by Crippen LogP contribution is 2.22. The molecule has 1 saturated heterocycles. The van der Waals surface area contributed by atoms with Crippen LogP contribution in [0.4, 0.5) is 4.39 Å². The number of benzene rings is 1. The lowest BCUT2D eigenvalue weighted by molar-refractivity contribution is 0.126. The lowest BCUT2D eigenvalue weighted by atomic mass is 10.1. The van der Waals surface area contributed by atoms with Crippen LogP contribution in [0.1, 0.15) is 19.2 Å². The molecular formula is C16H20FN3O. The van der Waals surface area contributed by atoms with E-state index >= 15 is 0 Å². The minimum absolute atomic E-state index is 0.245. The SMILES string of the molecule is CCCN(Cc1ncc(-c2ccc(F)cc2)o1)C1CNC1. The first kappa shape index (κ1) is 14.2. The fraction of sp³-hybridized carbons (Fsp3) is 0.438. The van der Waals surface area contributed by atoms with E-state index in [4.69, 9.17) is 4.42 Å². The summed E-state index contributed by atoms with van der Waals surface area (Å²) in [6.07, 6.45) is 2.83. The van der Waals surface area contributed by atoms with Crippen molar-refractivity contribution in [2.45, 2.75) is 25.9 Å². The van der Waals surface area contributed by atoms with Crippen LogP contribution < -0.4 is 5.32 Å². The maximum atomic E-state index is 12.9. The highest BCUT2D eigenvalue weighted by atomic mass is 19.1. The molecule has 0 atom stereocenters. The largest absolute Gasteiger partial charge is 0.439 e. The van der Waals surface area contributed by atoms with Crippen molar-refractivity contribution < 1.29 is 8.81 Å². The number of halogens is 1. The highest BCUT2D eigenvalue weighted by Gasteiger charge is 2.25. The molecule has 1 aromatic carbocycles. The summed E-state index contributed by atoms with van der Waals surface area (Å²) >= 11 is 0. The summed E-state index contributed by atoms with van der Waals surface area (Å²) in [6.45, 7) is 6.01. The Morgan fingerprint density at radius 3 is 2.71 bits per heavy atom. The molecule has 0 radical (unpaired) electrons. The fourth-order valence-corrected chi connectivity index (χ4v) is 2.51. The van der Waals surface area contributed by atoms with Crippen molar-refractivity contribution in [3.63, 3.8) is 0 Å². The summed E-state index contributed by atoms with van der Waals surface area (Å²) in [5.74, 6) is 1.16. The number of aromatic nitrogens is 1. The molecular weight excluding hydrogens is 269 g/mol. The molecule has 3 rings (SSSR count). The number of nitrogens with zero attached hydrogens (tertiary/aromatic N) is 2. The summed E-state index contributed by atoms with van der Waals surface area (Å²) < 4.78 is 18.7.